The van der Waals surface area contributed by atoms with E-state index >= 15 is 0 Å². The van der Waals surface area contributed by atoms with Gasteiger partial charge in [-0.15, -0.1) is 0 Å². The van der Waals surface area contributed by atoms with Gasteiger partial charge >= 0.3 is 5.69 Å². The molecule has 0 unspecified atom stereocenters. The molecule has 1 heterocycles. The lowest BCUT2D eigenvalue weighted by atomic mass is 10.1. The summed E-state index contributed by atoms with van der Waals surface area (Å²) in [4.78, 5) is 14.3. The normalized spacial score (nSPS) is 10.2. The highest BCUT2D eigenvalue weighted by atomic mass is 35.5. The fraction of sp³-hybridized carbons (Fsp3) is 0.154. The Balaban J connectivity index is 2.02. The third-order valence-corrected chi connectivity index (χ3v) is 2.89. The molecule has 0 aliphatic rings. The van der Waals surface area contributed by atoms with E-state index in [1.54, 1.807) is 24.3 Å². The Hall–Kier alpha value is -2.34. The van der Waals surface area contributed by atoms with E-state index in [1.807, 2.05) is 0 Å². The van der Waals surface area contributed by atoms with Crippen molar-refractivity contribution in [2.24, 2.45) is 0 Å². The van der Waals surface area contributed by atoms with Crippen molar-refractivity contribution in [2.45, 2.75) is 6.42 Å². The Morgan fingerprint density at radius 2 is 1.95 bits per heavy atom. The van der Waals surface area contributed by atoms with Gasteiger partial charge in [0.05, 0.1) is 4.92 Å². The maximum atomic E-state index is 10.9. The topological polar surface area (TPSA) is 88.3 Å². The van der Waals surface area contributed by atoms with Crippen LogP contribution in [0.15, 0.2) is 36.4 Å². The molecule has 0 spiro atoms. The second-order valence-corrected chi connectivity index (χ2v) is 4.49. The minimum Gasteiger partial charge on any atom is -0.508 e. The number of hydrogen-bond acceptors (Lipinski definition) is 5. The number of anilines is 1. The standard InChI is InChI=1S/C13H12ClN3O3/c14-12-6-5-11(17(19)20)13(16-12)15-8-7-9-1-3-10(18)4-2-9/h1-6,18H,7-8H2,(H,15,16). The van der Waals surface area contributed by atoms with Crippen molar-refractivity contribution in [1.29, 1.82) is 0 Å². The SMILES string of the molecule is O=[N+]([O-])c1ccc(Cl)nc1NCCc1ccc(O)cc1. The Bertz CT molecular complexity index is 617. The number of phenols is 1. The number of nitro groups is 1. The van der Waals surface area contributed by atoms with E-state index in [0.29, 0.717) is 13.0 Å². The second-order valence-electron chi connectivity index (χ2n) is 4.10. The Morgan fingerprint density at radius 3 is 2.60 bits per heavy atom. The molecule has 2 aromatic rings. The van der Waals surface area contributed by atoms with E-state index < -0.39 is 4.92 Å². The third-order valence-electron chi connectivity index (χ3n) is 2.68. The molecule has 0 radical (unpaired) electrons. The van der Waals surface area contributed by atoms with Crippen molar-refractivity contribution in [1.82, 2.24) is 4.98 Å². The van der Waals surface area contributed by atoms with Crippen LogP contribution in [0.25, 0.3) is 0 Å². The maximum absolute atomic E-state index is 10.9. The van der Waals surface area contributed by atoms with Crippen LogP contribution in [0.5, 0.6) is 5.75 Å². The molecule has 0 saturated carbocycles. The molecule has 6 nitrogen and oxygen atoms in total. The highest BCUT2D eigenvalue weighted by Crippen LogP contribution is 2.23. The third kappa shape index (κ3) is 3.58. The van der Waals surface area contributed by atoms with Gasteiger partial charge in [-0.25, -0.2) is 4.98 Å². The predicted molar refractivity (Wildman–Crippen MR) is 76.2 cm³/mol. The molecule has 0 bridgehead atoms. The number of hydrogen-bond donors (Lipinski definition) is 2. The summed E-state index contributed by atoms with van der Waals surface area (Å²) in [6, 6.07) is 9.46. The van der Waals surface area contributed by atoms with Crippen LogP contribution in [0.3, 0.4) is 0 Å². The van der Waals surface area contributed by atoms with Crippen molar-refractivity contribution in [2.75, 3.05) is 11.9 Å². The first-order chi connectivity index (χ1) is 9.56. The van der Waals surface area contributed by atoms with Crippen molar-refractivity contribution < 1.29 is 10.0 Å². The highest BCUT2D eigenvalue weighted by Gasteiger charge is 2.14. The first-order valence-corrected chi connectivity index (χ1v) is 6.27. The molecular formula is C13H12ClN3O3. The van der Waals surface area contributed by atoms with Gasteiger partial charge in [-0.3, -0.25) is 10.1 Å². The Kier molecular flexibility index (Phi) is 4.37. The quantitative estimate of drug-likeness (QED) is 0.502. The maximum Gasteiger partial charge on any atom is 0.311 e. The summed E-state index contributed by atoms with van der Waals surface area (Å²) >= 11 is 5.73. The molecule has 0 saturated heterocycles. The molecule has 0 aliphatic carbocycles. The number of nitrogens with one attached hydrogen (secondary N) is 1. The van der Waals surface area contributed by atoms with E-state index in [4.69, 9.17) is 11.6 Å². The average molecular weight is 294 g/mol. The van der Waals surface area contributed by atoms with Crippen LogP contribution in [-0.2, 0) is 6.42 Å². The zero-order valence-electron chi connectivity index (χ0n) is 10.4. The van der Waals surface area contributed by atoms with Crippen molar-refractivity contribution in [3.63, 3.8) is 0 Å². The summed E-state index contributed by atoms with van der Waals surface area (Å²) in [7, 11) is 0. The lowest BCUT2D eigenvalue weighted by Crippen LogP contribution is -2.08. The van der Waals surface area contributed by atoms with Crippen LogP contribution in [0.1, 0.15) is 5.56 Å². The molecular weight excluding hydrogens is 282 g/mol. The van der Waals surface area contributed by atoms with Gasteiger partial charge in [-0.2, -0.15) is 0 Å². The lowest BCUT2D eigenvalue weighted by Gasteiger charge is -2.06. The number of aromatic nitrogens is 1. The minimum atomic E-state index is -0.508. The van der Waals surface area contributed by atoms with Crippen LogP contribution in [0.2, 0.25) is 5.15 Å². The van der Waals surface area contributed by atoms with E-state index in [2.05, 4.69) is 10.3 Å². The first-order valence-electron chi connectivity index (χ1n) is 5.89. The van der Waals surface area contributed by atoms with Crippen LogP contribution in [0, 0.1) is 10.1 Å². The summed E-state index contributed by atoms with van der Waals surface area (Å²) in [6.45, 7) is 0.471. The molecule has 20 heavy (non-hydrogen) atoms. The second kappa shape index (κ2) is 6.21. The molecule has 1 aromatic carbocycles. The van der Waals surface area contributed by atoms with Gasteiger partial charge in [0.2, 0.25) is 5.82 Å². The molecule has 2 rings (SSSR count). The summed E-state index contributed by atoms with van der Waals surface area (Å²) in [5, 5.41) is 23.1. The smallest absolute Gasteiger partial charge is 0.311 e. The number of aromatic hydroxyl groups is 1. The zero-order chi connectivity index (χ0) is 14.5. The van der Waals surface area contributed by atoms with Crippen LogP contribution < -0.4 is 5.32 Å². The number of nitrogens with zero attached hydrogens (tertiary/aromatic N) is 2. The van der Waals surface area contributed by atoms with Crippen LogP contribution in [0.4, 0.5) is 11.5 Å². The van der Waals surface area contributed by atoms with Gasteiger partial charge < -0.3 is 10.4 Å². The fourth-order valence-corrected chi connectivity index (χ4v) is 1.84. The zero-order valence-corrected chi connectivity index (χ0v) is 11.2. The van der Waals surface area contributed by atoms with Crippen LogP contribution >= 0.6 is 11.6 Å². The van der Waals surface area contributed by atoms with Crippen molar-refractivity contribution in [3.05, 3.63) is 57.2 Å². The molecule has 2 N–H and O–H groups in total. The van der Waals surface area contributed by atoms with Gasteiger partial charge in [0.15, 0.2) is 0 Å². The van der Waals surface area contributed by atoms with E-state index in [0.717, 1.165) is 5.56 Å². The van der Waals surface area contributed by atoms with Crippen molar-refractivity contribution in [3.8, 4) is 5.75 Å². The Labute approximate surface area is 120 Å². The molecule has 0 fully saturated rings. The number of pyridine rings is 1. The number of rotatable bonds is 5. The van der Waals surface area contributed by atoms with Gasteiger partial charge in [0.25, 0.3) is 0 Å². The lowest BCUT2D eigenvalue weighted by molar-refractivity contribution is -0.384. The van der Waals surface area contributed by atoms with Gasteiger partial charge in [-0.05, 0) is 30.2 Å². The monoisotopic (exact) mass is 293 g/mol. The molecule has 104 valence electrons. The van der Waals surface area contributed by atoms with Gasteiger partial charge in [0.1, 0.15) is 10.9 Å². The fourth-order valence-electron chi connectivity index (χ4n) is 1.69. The van der Waals surface area contributed by atoms with E-state index in [-0.39, 0.29) is 22.4 Å². The number of benzene rings is 1. The van der Waals surface area contributed by atoms with Gasteiger partial charge in [-0.1, -0.05) is 23.7 Å². The molecule has 1 aromatic heterocycles. The number of phenolic OH excluding ortho intramolecular Hbond substituents is 1. The minimum absolute atomic E-state index is 0.111. The largest absolute Gasteiger partial charge is 0.508 e. The average Bonchev–Trinajstić information content (AvgIpc) is 2.41. The summed E-state index contributed by atoms with van der Waals surface area (Å²) in [6.07, 6.45) is 0.644. The van der Waals surface area contributed by atoms with Crippen molar-refractivity contribution >= 4 is 23.1 Å². The molecule has 0 aliphatic heterocycles. The summed E-state index contributed by atoms with van der Waals surface area (Å²) < 4.78 is 0. The summed E-state index contributed by atoms with van der Waals surface area (Å²) in [5.41, 5.74) is 0.889. The predicted octanol–water partition coefficient (Wildman–Crippen LogP) is 3.00. The van der Waals surface area contributed by atoms with E-state index in [9.17, 15) is 15.2 Å². The highest BCUT2D eigenvalue weighted by molar-refractivity contribution is 6.29. The molecule has 7 heteroatoms. The van der Waals surface area contributed by atoms with Gasteiger partial charge in [0, 0.05) is 12.6 Å². The van der Waals surface area contributed by atoms with Crippen LogP contribution in [-0.4, -0.2) is 21.6 Å². The first kappa shape index (κ1) is 14.1. The molecule has 0 amide bonds. The molecule has 0 atom stereocenters. The summed E-state index contributed by atoms with van der Waals surface area (Å²) in [5.74, 6) is 0.357. The number of halogens is 1. The Morgan fingerprint density at radius 1 is 1.25 bits per heavy atom. The van der Waals surface area contributed by atoms with E-state index in [1.165, 1.54) is 12.1 Å².